The number of likely N-dealkylation sites (tertiary alicyclic amines) is 1. The molecule has 2 N–H and O–H groups in total. The molecule has 31 heavy (non-hydrogen) atoms. The molecule has 1 saturated heterocycles. The van der Waals surface area contributed by atoms with E-state index in [0.29, 0.717) is 19.2 Å². The number of nitrogens with one attached hydrogen (secondary N) is 1. The minimum absolute atomic E-state index is 0.0304. The molecule has 1 saturated carbocycles. The predicted octanol–water partition coefficient (Wildman–Crippen LogP) is 3.61. The molecule has 168 valence electrons. The number of halogens is 3. The monoisotopic (exact) mass is 436 g/mol. The van der Waals surface area contributed by atoms with E-state index in [1.807, 2.05) is 38.1 Å². The van der Waals surface area contributed by atoms with Gasteiger partial charge in [0, 0.05) is 24.1 Å². The average Bonchev–Trinajstić information content (AvgIpc) is 3.35. The Bertz CT molecular complexity index is 964. The lowest BCUT2D eigenvalue weighted by atomic mass is 9.74. The molecule has 1 aliphatic carbocycles. The number of aryl methyl sites for hydroxylation is 1. The maximum atomic E-state index is 13.1. The van der Waals surface area contributed by atoms with E-state index in [1.165, 1.54) is 0 Å². The number of nitrogens with zero attached hydrogens (tertiary/aromatic N) is 3. The first-order valence-corrected chi connectivity index (χ1v) is 10.5. The van der Waals surface area contributed by atoms with Crippen molar-refractivity contribution in [3.8, 4) is 11.4 Å². The summed E-state index contributed by atoms with van der Waals surface area (Å²) in [6.07, 6.45) is -2.59. The van der Waals surface area contributed by atoms with Crippen LogP contribution in [0.15, 0.2) is 24.3 Å². The highest BCUT2D eigenvalue weighted by Crippen LogP contribution is 2.57. The van der Waals surface area contributed by atoms with E-state index in [1.54, 1.807) is 0 Å². The van der Waals surface area contributed by atoms with Crippen LogP contribution in [-0.4, -0.2) is 56.0 Å². The van der Waals surface area contributed by atoms with Crippen molar-refractivity contribution in [2.75, 3.05) is 13.1 Å². The molecule has 1 aromatic heterocycles. The first-order valence-electron chi connectivity index (χ1n) is 10.5. The fraction of sp³-hybridized carbons (Fsp3) is 0.591. The molecular formula is C22H27F3N4O2. The van der Waals surface area contributed by atoms with Crippen LogP contribution in [-0.2, 0) is 10.2 Å². The largest absolute Gasteiger partial charge is 0.426 e. The van der Waals surface area contributed by atoms with Gasteiger partial charge in [0.15, 0.2) is 5.82 Å². The molecule has 3 unspecified atom stereocenters. The predicted molar refractivity (Wildman–Crippen MR) is 108 cm³/mol. The lowest BCUT2D eigenvalue weighted by molar-refractivity contribution is -0.251. The number of benzene rings is 1. The lowest BCUT2D eigenvalue weighted by Crippen LogP contribution is -2.59. The quantitative estimate of drug-likeness (QED) is 0.767. The summed E-state index contributed by atoms with van der Waals surface area (Å²) in [6.45, 7) is 4.85. The summed E-state index contributed by atoms with van der Waals surface area (Å²) in [4.78, 5) is 16.9. The van der Waals surface area contributed by atoms with Crippen LogP contribution >= 0.6 is 0 Å². The minimum atomic E-state index is -5.01. The summed E-state index contributed by atoms with van der Waals surface area (Å²) in [6, 6.07) is 7.99. The van der Waals surface area contributed by atoms with E-state index in [9.17, 15) is 23.1 Å². The van der Waals surface area contributed by atoms with Crippen molar-refractivity contribution in [3.63, 3.8) is 0 Å². The van der Waals surface area contributed by atoms with Gasteiger partial charge in [0.25, 0.3) is 5.91 Å². The number of hydrogen-bond donors (Lipinski definition) is 2. The van der Waals surface area contributed by atoms with Crippen LogP contribution in [0, 0.1) is 18.8 Å². The van der Waals surface area contributed by atoms with Crippen LogP contribution < -0.4 is 0 Å². The normalized spacial score (nSPS) is 25.2. The van der Waals surface area contributed by atoms with Crippen LogP contribution in [0.1, 0.15) is 44.5 Å². The molecule has 0 spiro atoms. The van der Waals surface area contributed by atoms with Gasteiger partial charge in [-0.2, -0.15) is 13.2 Å². The van der Waals surface area contributed by atoms with Crippen LogP contribution in [0.5, 0.6) is 0 Å². The molecule has 2 fully saturated rings. The summed E-state index contributed by atoms with van der Waals surface area (Å²) in [7, 11) is 0. The number of rotatable bonds is 4. The number of aliphatic hydroxyl groups is 1. The second-order valence-electron chi connectivity index (χ2n) is 9.24. The Labute approximate surface area is 178 Å². The average molecular weight is 436 g/mol. The third-order valence-corrected chi connectivity index (χ3v) is 6.94. The molecule has 4 rings (SSSR count). The van der Waals surface area contributed by atoms with Gasteiger partial charge < -0.3 is 15.0 Å². The van der Waals surface area contributed by atoms with Gasteiger partial charge in [0.2, 0.25) is 5.60 Å². The van der Waals surface area contributed by atoms with Crippen molar-refractivity contribution >= 4 is 5.91 Å². The molecule has 1 aliphatic heterocycles. The van der Waals surface area contributed by atoms with Crippen LogP contribution in [0.25, 0.3) is 11.4 Å². The second kappa shape index (κ2) is 7.32. The smallest absolute Gasteiger partial charge is 0.373 e. The Morgan fingerprint density at radius 2 is 1.87 bits per heavy atom. The number of aromatic amines is 1. The zero-order valence-corrected chi connectivity index (χ0v) is 17.8. The Hall–Kier alpha value is -2.42. The molecule has 0 bridgehead atoms. The van der Waals surface area contributed by atoms with Crippen molar-refractivity contribution in [2.45, 2.75) is 57.2 Å². The van der Waals surface area contributed by atoms with Crippen molar-refractivity contribution in [3.05, 3.63) is 35.7 Å². The van der Waals surface area contributed by atoms with E-state index in [2.05, 4.69) is 15.2 Å². The van der Waals surface area contributed by atoms with E-state index >= 15 is 0 Å². The fourth-order valence-corrected chi connectivity index (χ4v) is 4.83. The summed E-state index contributed by atoms with van der Waals surface area (Å²) in [5.74, 6) is 0.365. The van der Waals surface area contributed by atoms with Gasteiger partial charge in [-0.25, -0.2) is 0 Å². The number of carbonyl (C=O) groups excluding carboxylic acids is 1. The number of carbonyl (C=O) groups is 1. The summed E-state index contributed by atoms with van der Waals surface area (Å²) in [5, 5.41) is 18.5. The first-order chi connectivity index (χ1) is 14.5. The molecule has 3 atom stereocenters. The Morgan fingerprint density at radius 1 is 1.23 bits per heavy atom. The molecule has 1 aromatic carbocycles. The van der Waals surface area contributed by atoms with E-state index in [-0.39, 0.29) is 30.3 Å². The molecule has 2 aliphatic rings. The highest BCUT2D eigenvalue weighted by Gasteiger charge is 2.59. The molecule has 9 heteroatoms. The van der Waals surface area contributed by atoms with Crippen molar-refractivity contribution in [1.29, 1.82) is 0 Å². The third-order valence-electron chi connectivity index (χ3n) is 6.94. The van der Waals surface area contributed by atoms with E-state index < -0.39 is 17.7 Å². The van der Waals surface area contributed by atoms with Gasteiger partial charge in [0.1, 0.15) is 5.82 Å². The number of piperidine rings is 1. The maximum Gasteiger partial charge on any atom is 0.426 e. The van der Waals surface area contributed by atoms with Crippen LogP contribution in [0.4, 0.5) is 13.2 Å². The molecule has 2 heterocycles. The van der Waals surface area contributed by atoms with Gasteiger partial charge in [0.05, 0.1) is 0 Å². The zero-order valence-electron chi connectivity index (χ0n) is 17.8. The Kier molecular flexibility index (Phi) is 5.15. The standard InChI is InChI=1S/C22H27F3N4O2/c1-13-4-6-15(7-5-13)17-26-18(28-27-17)21(9-10-21)16-8-11-29(12-14(16)2)19(30)20(3,31)22(23,24)25/h4-7,14,16,31H,8-12H2,1-3H3,(H,26,27,28). The zero-order chi connectivity index (χ0) is 22.6. The van der Waals surface area contributed by atoms with Gasteiger partial charge in [-0.15, -0.1) is 10.2 Å². The number of H-pyrrole nitrogens is 1. The van der Waals surface area contributed by atoms with Gasteiger partial charge in [-0.05, 0) is 44.9 Å². The number of amides is 1. The van der Waals surface area contributed by atoms with Crippen molar-refractivity contribution in [2.24, 2.45) is 11.8 Å². The topological polar surface area (TPSA) is 82.1 Å². The number of alkyl halides is 3. The fourth-order valence-electron chi connectivity index (χ4n) is 4.83. The second-order valence-corrected chi connectivity index (χ2v) is 9.24. The molecule has 6 nitrogen and oxygen atoms in total. The van der Waals surface area contributed by atoms with Crippen molar-refractivity contribution in [1.82, 2.24) is 20.1 Å². The van der Waals surface area contributed by atoms with E-state index in [0.717, 1.165) is 34.7 Å². The molecule has 0 radical (unpaired) electrons. The van der Waals surface area contributed by atoms with Gasteiger partial charge >= 0.3 is 6.18 Å². The molecule has 1 amide bonds. The SMILES string of the molecule is Cc1ccc(-c2nnc(C3(C4CCN(C(=O)C(C)(O)C(F)(F)F)CC4C)CC3)[nH]2)cc1. The molecular weight excluding hydrogens is 409 g/mol. The van der Waals surface area contributed by atoms with Crippen LogP contribution in [0.3, 0.4) is 0 Å². The highest BCUT2D eigenvalue weighted by atomic mass is 19.4. The maximum absolute atomic E-state index is 13.1. The van der Waals surface area contributed by atoms with Gasteiger partial charge in [-0.3, -0.25) is 4.79 Å². The third kappa shape index (κ3) is 3.73. The Morgan fingerprint density at radius 3 is 2.42 bits per heavy atom. The van der Waals surface area contributed by atoms with E-state index in [4.69, 9.17) is 0 Å². The summed E-state index contributed by atoms with van der Waals surface area (Å²) < 4.78 is 39.2. The first kappa shape index (κ1) is 21.8. The molecule has 2 aromatic rings. The highest BCUT2D eigenvalue weighted by molar-refractivity contribution is 5.85. The number of hydrogen-bond acceptors (Lipinski definition) is 4. The Balaban J connectivity index is 1.49. The van der Waals surface area contributed by atoms with Crippen LogP contribution in [0.2, 0.25) is 0 Å². The minimum Gasteiger partial charge on any atom is -0.373 e. The lowest BCUT2D eigenvalue weighted by Gasteiger charge is -2.42. The summed E-state index contributed by atoms with van der Waals surface area (Å²) in [5.41, 5.74) is -1.45. The number of aromatic nitrogens is 3. The van der Waals surface area contributed by atoms with Crippen molar-refractivity contribution < 1.29 is 23.1 Å². The van der Waals surface area contributed by atoms with Gasteiger partial charge in [-0.1, -0.05) is 36.8 Å². The summed E-state index contributed by atoms with van der Waals surface area (Å²) >= 11 is 0.